The highest BCUT2D eigenvalue weighted by Gasteiger charge is 2.29. The third kappa shape index (κ3) is 11.5. The van der Waals surface area contributed by atoms with Crippen LogP contribution in [0.4, 0.5) is 17.3 Å². The molecule has 1 saturated heterocycles. The van der Waals surface area contributed by atoms with Gasteiger partial charge in [-0.3, -0.25) is 4.79 Å². The van der Waals surface area contributed by atoms with Crippen molar-refractivity contribution in [1.82, 2.24) is 9.97 Å². The van der Waals surface area contributed by atoms with E-state index >= 15 is 0 Å². The molecular formula is C28H51N5O2. The van der Waals surface area contributed by atoms with Crippen LogP contribution in [-0.2, 0) is 9.53 Å². The molecule has 0 bridgehead atoms. The Hall–Kier alpha value is -2.05. The van der Waals surface area contributed by atoms with Crippen molar-refractivity contribution in [1.29, 1.82) is 0 Å². The summed E-state index contributed by atoms with van der Waals surface area (Å²) in [4.78, 5) is 23.0. The molecule has 0 aliphatic carbocycles. The van der Waals surface area contributed by atoms with Gasteiger partial charge in [-0.25, -0.2) is 9.97 Å². The molecule has 0 radical (unpaired) electrons. The van der Waals surface area contributed by atoms with E-state index < -0.39 is 0 Å². The van der Waals surface area contributed by atoms with Crippen LogP contribution < -0.4 is 16.0 Å². The fourth-order valence-electron chi connectivity index (χ4n) is 4.93. The third-order valence-electron chi connectivity index (χ3n) is 7.03. The van der Waals surface area contributed by atoms with Gasteiger partial charge in [0.1, 0.15) is 12.0 Å². The van der Waals surface area contributed by atoms with E-state index in [1.807, 2.05) is 6.92 Å². The van der Waals surface area contributed by atoms with E-state index in [0.29, 0.717) is 24.7 Å². The third-order valence-corrected chi connectivity index (χ3v) is 7.03. The Morgan fingerprint density at radius 2 is 1.57 bits per heavy atom. The Balaban J connectivity index is 1.57. The van der Waals surface area contributed by atoms with Crippen LogP contribution in [0, 0.1) is 5.92 Å². The molecule has 7 heteroatoms. The average molecular weight is 490 g/mol. The maximum Gasteiger partial charge on any atom is 0.310 e. The lowest BCUT2D eigenvalue weighted by atomic mass is 9.98. The molecule has 0 amide bonds. The second kappa shape index (κ2) is 18.3. The number of unbranched alkanes of at least 4 members (excludes halogenated alkanes) is 13. The lowest BCUT2D eigenvalue weighted by Crippen LogP contribution is -2.40. The highest BCUT2D eigenvalue weighted by atomic mass is 16.5. The van der Waals surface area contributed by atoms with Gasteiger partial charge < -0.3 is 20.7 Å². The van der Waals surface area contributed by atoms with E-state index in [1.54, 1.807) is 6.33 Å². The quantitative estimate of drug-likeness (QED) is 0.164. The highest BCUT2D eigenvalue weighted by Crippen LogP contribution is 2.30. The van der Waals surface area contributed by atoms with E-state index in [2.05, 4.69) is 27.1 Å². The van der Waals surface area contributed by atoms with Crippen molar-refractivity contribution in [2.45, 2.75) is 117 Å². The van der Waals surface area contributed by atoms with Crippen LogP contribution >= 0.6 is 0 Å². The molecule has 200 valence electrons. The van der Waals surface area contributed by atoms with Gasteiger partial charge in [-0.1, -0.05) is 90.4 Å². The zero-order valence-electron chi connectivity index (χ0n) is 22.5. The molecule has 1 fully saturated rings. The maximum absolute atomic E-state index is 12.2. The van der Waals surface area contributed by atoms with Crippen LogP contribution in [0.3, 0.4) is 0 Å². The Morgan fingerprint density at radius 3 is 2.17 bits per heavy atom. The summed E-state index contributed by atoms with van der Waals surface area (Å²) in [5.74, 6) is 1.17. The number of piperidine rings is 1. The Kier molecular flexibility index (Phi) is 15.2. The largest absolute Gasteiger partial charge is 0.466 e. The van der Waals surface area contributed by atoms with Gasteiger partial charge in [0, 0.05) is 19.6 Å². The molecule has 7 nitrogen and oxygen atoms in total. The number of anilines is 3. The fraction of sp³-hybridized carbons (Fsp3) is 0.821. The van der Waals surface area contributed by atoms with E-state index in [-0.39, 0.29) is 11.9 Å². The molecular weight excluding hydrogens is 438 g/mol. The SMILES string of the molecule is CCCCCCCCCCCCCCCCNc1ncnc(N2CCCC(C(=O)OCC)C2)c1N. The van der Waals surface area contributed by atoms with Gasteiger partial charge in [0.15, 0.2) is 11.6 Å². The summed E-state index contributed by atoms with van der Waals surface area (Å²) in [5, 5.41) is 3.40. The van der Waals surface area contributed by atoms with Crippen molar-refractivity contribution in [2.24, 2.45) is 5.92 Å². The summed E-state index contributed by atoms with van der Waals surface area (Å²) in [6, 6.07) is 0. The number of ether oxygens (including phenoxy) is 1. The van der Waals surface area contributed by atoms with Crippen molar-refractivity contribution < 1.29 is 9.53 Å². The Labute approximate surface area is 214 Å². The van der Waals surface area contributed by atoms with Crippen molar-refractivity contribution in [3.05, 3.63) is 6.33 Å². The van der Waals surface area contributed by atoms with E-state index in [9.17, 15) is 4.79 Å². The molecule has 1 aromatic rings. The minimum absolute atomic E-state index is 0.120. The number of nitrogen functional groups attached to an aromatic ring is 1. The van der Waals surface area contributed by atoms with Crippen molar-refractivity contribution in [3.63, 3.8) is 0 Å². The second-order valence-electron chi connectivity index (χ2n) is 10.0. The zero-order chi connectivity index (χ0) is 25.1. The van der Waals surface area contributed by atoms with Crippen LogP contribution in [0.25, 0.3) is 0 Å². The summed E-state index contributed by atoms with van der Waals surface area (Å²) in [5.41, 5.74) is 6.98. The second-order valence-corrected chi connectivity index (χ2v) is 10.0. The molecule has 3 N–H and O–H groups in total. The molecule has 1 unspecified atom stereocenters. The van der Waals surface area contributed by atoms with Crippen LogP contribution in [-0.4, -0.2) is 42.2 Å². The number of nitrogens with one attached hydrogen (secondary N) is 1. The summed E-state index contributed by atoms with van der Waals surface area (Å²) < 4.78 is 5.21. The normalized spacial score (nSPS) is 15.8. The van der Waals surface area contributed by atoms with Crippen LogP contribution in [0.5, 0.6) is 0 Å². The number of aromatic nitrogens is 2. The lowest BCUT2D eigenvalue weighted by molar-refractivity contribution is -0.148. The number of nitrogens with two attached hydrogens (primary N) is 1. The van der Waals surface area contributed by atoms with E-state index in [4.69, 9.17) is 10.5 Å². The number of rotatable bonds is 19. The average Bonchev–Trinajstić information content (AvgIpc) is 2.87. The molecule has 1 atom stereocenters. The van der Waals surface area contributed by atoms with Crippen LogP contribution in [0.2, 0.25) is 0 Å². The van der Waals surface area contributed by atoms with Gasteiger partial charge in [-0.05, 0) is 26.2 Å². The lowest BCUT2D eigenvalue weighted by Gasteiger charge is -2.33. The molecule has 0 spiro atoms. The van der Waals surface area contributed by atoms with Gasteiger partial charge in [0.25, 0.3) is 0 Å². The topological polar surface area (TPSA) is 93.4 Å². The minimum atomic E-state index is -0.124. The number of esters is 1. The number of nitrogens with zero attached hydrogens (tertiary/aromatic N) is 3. The van der Waals surface area contributed by atoms with E-state index in [1.165, 1.54) is 83.5 Å². The smallest absolute Gasteiger partial charge is 0.310 e. The van der Waals surface area contributed by atoms with Crippen LogP contribution in [0.1, 0.15) is 117 Å². The van der Waals surface area contributed by atoms with Gasteiger partial charge in [0.2, 0.25) is 0 Å². The zero-order valence-corrected chi connectivity index (χ0v) is 22.5. The standard InChI is InChI=1S/C28H51N5O2/c1-3-5-6-7-8-9-10-11-12-13-14-15-16-17-20-30-26-25(29)27(32-23-31-26)33-21-18-19-24(22-33)28(34)35-4-2/h23-24H,3-22,29H2,1-2H3,(H,30,31,32). The van der Waals surface area contributed by atoms with Crippen molar-refractivity contribution >= 4 is 23.3 Å². The number of hydrogen-bond acceptors (Lipinski definition) is 7. The molecule has 0 aromatic carbocycles. The van der Waals surface area contributed by atoms with E-state index in [0.717, 1.165) is 38.2 Å². The first kappa shape index (κ1) is 29.2. The highest BCUT2D eigenvalue weighted by molar-refractivity contribution is 5.77. The molecule has 2 heterocycles. The van der Waals surface area contributed by atoms with Gasteiger partial charge in [-0.15, -0.1) is 0 Å². The first-order valence-electron chi connectivity index (χ1n) is 14.4. The fourth-order valence-corrected chi connectivity index (χ4v) is 4.93. The predicted molar refractivity (Wildman–Crippen MR) is 147 cm³/mol. The molecule has 1 aliphatic rings. The summed E-state index contributed by atoms with van der Waals surface area (Å²) in [6.07, 6.45) is 22.4. The van der Waals surface area contributed by atoms with Gasteiger partial charge >= 0.3 is 5.97 Å². The van der Waals surface area contributed by atoms with Gasteiger partial charge in [0.05, 0.1) is 12.5 Å². The maximum atomic E-state index is 12.2. The number of carbonyl (C=O) groups is 1. The van der Waals surface area contributed by atoms with Gasteiger partial charge in [-0.2, -0.15) is 0 Å². The Morgan fingerprint density at radius 1 is 0.971 bits per heavy atom. The number of hydrogen-bond donors (Lipinski definition) is 2. The Bertz CT molecular complexity index is 700. The summed E-state index contributed by atoms with van der Waals surface area (Å²) >= 11 is 0. The monoisotopic (exact) mass is 489 g/mol. The van der Waals surface area contributed by atoms with Crippen molar-refractivity contribution in [2.75, 3.05) is 42.2 Å². The minimum Gasteiger partial charge on any atom is -0.466 e. The summed E-state index contributed by atoms with van der Waals surface area (Å²) in [6.45, 7) is 6.84. The predicted octanol–water partition coefficient (Wildman–Crippen LogP) is 6.73. The molecule has 1 aromatic heterocycles. The summed E-state index contributed by atoms with van der Waals surface area (Å²) in [7, 11) is 0. The van der Waals surface area contributed by atoms with Crippen molar-refractivity contribution in [3.8, 4) is 0 Å². The molecule has 1 aliphatic heterocycles. The molecule has 0 saturated carbocycles. The van der Waals surface area contributed by atoms with Crippen LogP contribution in [0.15, 0.2) is 6.33 Å². The first-order valence-corrected chi connectivity index (χ1v) is 14.4. The first-order chi connectivity index (χ1) is 17.2. The number of carbonyl (C=O) groups excluding carboxylic acids is 1. The molecule has 35 heavy (non-hydrogen) atoms. The molecule has 2 rings (SSSR count).